The summed E-state index contributed by atoms with van der Waals surface area (Å²) < 4.78 is 85.7. The fraction of sp³-hybridized carbons (Fsp3) is 0.259. The standard InChI is InChI=1S/C27H23F6N7O/c1-3-40-22-11-17(10-19-12-23(27(31,32)33)39(2)38-19)6-9-21(22)37-24(40)34-13-16-4-7-20(8-5-16)41-25-35-14-18(15-36-25)26(28,29)30/h4-9,11-12,14-15H,3,10,13H2,1-2H3,(H,34,37). The first-order valence-electron chi connectivity index (χ1n) is 12.4. The van der Waals surface area contributed by atoms with Crippen LogP contribution in [0, 0.1) is 0 Å². The van der Waals surface area contributed by atoms with E-state index in [-0.39, 0.29) is 12.4 Å². The van der Waals surface area contributed by atoms with Crippen molar-refractivity contribution in [3.63, 3.8) is 0 Å². The van der Waals surface area contributed by atoms with Gasteiger partial charge in [-0.3, -0.25) is 4.68 Å². The van der Waals surface area contributed by atoms with Crippen LogP contribution >= 0.6 is 0 Å². The van der Waals surface area contributed by atoms with Crippen molar-refractivity contribution in [3.8, 4) is 11.8 Å². The van der Waals surface area contributed by atoms with Crippen LogP contribution in [0.3, 0.4) is 0 Å². The summed E-state index contributed by atoms with van der Waals surface area (Å²) in [5, 5.41) is 7.31. The lowest BCUT2D eigenvalue weighted by Crippen LogP contribution is -2.11. The van der Waals surface area contributed by atoms with Gasteiger partial charge in [-0.25, -0.2) is 15.0 Å². The molecule has 3 heterocycles. The predicted octanol–water partition coefficient (Wildman–Crippen LogP) is 6.61. The molecule has 0 atom stereocenters. The van der Waals surface area contributed by atoms with Crippen LogP contribution in [0.2, 0.25) is 0 Å². The van der Waals surface area contributed by atoms with E-state index in [4.69, 9.17) is 4.74 Å². The van der Waals surface area contributed by atoms with Gasteiger partial charge >= 0.3 is 18.4 Å². The molecule has 0 aliphatic heterocycles. The second kappa shape index (κ2) is 10.7. The predicted molar refractivity (Wildman–Crippen MR) is 137 cm³/mol. The van der Waals surface area contributed by atoms with Crippen LogP contribution in [0.25, 0.3) is 11.0 Å². The van der Waals surface area contributed by atoms with E-state index in [2.05, 4.69) is 25.4 Å². The number of nitrogens with one attached hydrogen (secondary N) is 1. The summed E-state index contributed by atoms with van der Waals surface area (Å²) in [4.78, 5) is 11.8. The number of halogens is 6. The summed E-state index contributed by atoms with van der Waals surface area (Å²) in [7, 11) is 1.27. The quantitative estimate of drug-likeness (QED) is 0.210. The number of anilines is 1. The summed E-state index contributed by atoms with van der Waals surface area (Å²) in [6.07, 6.45) is -7.45. The Bertz CT molecular complexity index is 1660. The first-order valence-corrected chi connectivity index (χ1v) is 12.4. The van der Waals surface area contributed by atoms with Crippen LogP contribution in [0.15, 0.2) is 60.9 Å². The number of nitrogens with zero attached hydrogens (tertiary/aromatic N) is 6. The Morgan fingerprint density at radius 2 is 1.56 bits per heavy atom. The number of rotatable bonds is 8. The molecule has 3 aromatic heterocycles. The molecule has 0 aliphatic rings. The van der Waals surface area contributed by atoms with Gasteiger partial charge in [0.05, 0.1) is 22.3 Å². The lowest BCUT2D eigenvalue weighted by molar-refractivity contribution is -0.143. The SMILES string of the molecule is CCn1c(NCc2ccc(Oc3ncc(C(F)(F)F)cn3)cc2)nc2ccc(Cc3cc(C(F)(F)F)n(C)n3)cc21. The Balaban J connectivity index is 1.25. The monoisotopic (exact) mass is 575 g/mol. The molecule has 2 aromatic carbocycles. The third-order valence-electron chi connectivity index (χ3n) is 6.27. The summed E-state index contributed by atoms with van der Waals surface area (Å²) in [5.74, 6) is 0.979. The molecule has 5 rings (SSSR count). The molecule has 0 spiro atoms. The molecule has 0 radical (unpaired) electrons. The third-order valence-corrected chi connectivity index (χ3v) is 6.27. The van der Waals surface area contributed by atoms with Crippen molar-refractivity contribution in [2.24, 2.45) is 7.05 Å². The highest BCUT2D eigenvalue weighted by Gasteiger charge is 2.35. The topological polar surface area (TPSA) is 82.7 Å². The van der Waals surface area contributed by atoms with E-state index in [9.17, 15) is 26.3 Å². The summed E-state index contributed by atoms with van der Waals surface area (Å²) >= 11 is 0. The second-order valence-corrected chi connectivity index (χ2v) is 9.17. The minimum Gasteiger partial charge on any atom is -0.424 e. The number of alkyl halides is 6. The van der Waals surface area contributed by atoms with E-state index in [0.717, 1.165) is 32.9 Å². The molecule has 14 heteroatoms. The Morgan fingerprint density at radius 1 is 0.878 bits per heavy atom. The number of hydrogen-bond acceptors (Lipinski definition) is 6. The van der Waals surface area contributed by atoms with Crippen molar-refractivity contribution >= 4 is 17.0 Å². The molecule has 8 nitrogen and oxygen atoms in total. The second-order valence-electron chi connectivity index (χ2n) is 9.17. The lowest BCUT2D eigenvalue weighted by Gasteiger charge is -2.10. The van der Waals surface area contributed by atoms with Gasteiger partial charge in [0.1, 0.15) is 11.4 Å². The van der Waals surface area contributed by atoms with Crippen LogP contribution in [0.4, 0.5) is 32.3 Å². The fourth-order valence-electron chi connectivity index (χ4n) is 4.30. The minimum atomic E-state index is -4.53. The highest BCUT2D eigenvalue weighted by Crippen LogP contribution is 2.31. The van der Waals surface area contributed by atoms with E-state index in [0.29, 0.717) is 42.9 Å². The molecule has 1 N–H and O–H groups in total. The maximum absolute atomic E-state index is 13.1. The van der Waals surface area contributed by atoms with Gasteiger partial charge < -0.3 is 14.6 Å². The van der Waals surface area contributed by atoms with Crippen LogP contribution in [0.5, 0.6) is 11.8 Å². The summed E-state index contributed by atoms with van der Waals surface area (Å²) in [6.45, 7) is 2.98. The summed E-state index contributed by atoms with van der Waals surface area (Å²) in [5.41, 5.74) is 1.81. The average Bonchev–Trinajstić information content (AvgIpc) is 3.47. The van der Waals surface area contributed by atoms with Gasteiger partial charge in [0.2, 0.25) is 5.95 Å². The largest absolute Gasteiger partial charge is 0.433 e. The van der Waals surface area contributed by atoms with E-state index >= 15 is 0 Å². The normalized spacial score (nSPS) is 12.2. The lowest BCUT2D eigenvalue weighted by atomic mass is 10.1. The first kappa shape index (κ1) is 27.9. The number of imidazole rings is 1. The van der Waals surface area contributed by atoms with Crippen molar-refractivity contribution in [1.29, 1.82) is 0 Å². The van der Waals surface area contributed by atoms with Crippen LogP contribution in [-0.2, 0) is 38.9 Å². The molecule has 0 saturated carbocycles. The van der Waals surface area contributed by atoms with Crippen molar-refractivity contribution in [3.05, 3.63) is 89.0 Å². The molecule has 5 aromatic rings. The van der Waals surface area contributed by atoms with Gasteiger partial charge in [0.15, 0.2) is 0 Å². The average molecular weight is 576 g/mol. The van der Waals surface area contributed by atoms with Gasteiger partial charge in [0, 0.05) is 39.0 Å². The van der Waals surface area contributed by atoms with Crippen molar-refractivity contribution in [2.75, 3.05) is 5.32 Å². The third kappa shape index (κ3) is 6.26. The van der Waals surface area contributed by atoms with Crippen LogP contribution in [0.1, 0.15) is 35.0 Å². The smallest absolute Gasteiger partial charge is 0.424 e. The Kier molecular flexibility index (Phi) is 7.32. The van der Waals surface area contributed by atoms with Crippen molar-refractivity contribution < 1.29 is 31.1 Å². The molecular formula is C27H23F6N7O. The van der Waals surface area contributed by atoms with Gasteiger partial charge in [0.25, 0.3) is 0 Å². The minimum absolute atomic E-state index is 0.205. The van der Waals surface area contributed by atoms with E-state index < -0.39 is 23.6 Å². The van der Waals surface area contributed by atoms with Crippen LogP contribution < -0.4 is 10.1 Å². The molecule has 214 valence electrons. The zero-order valence-electron chi connectivity index (χ0n) is 21.8. The van der Waals surface area contributed by atoms with Gasteiger partial charge in [-0.1, -0.05) is 18.2 Å². The Morgan fingerprint density at radius 3 is 2.17 bits per heavy atom. The molecular weight excluding hydrogens is 552 g/mol. The maximum Gasteiger partial charge on any atom is 0.433 e. The number of aromatic nitrogens is 6. The zero-order chi connectivity index (χ0) is 29.4. The van der Waals surface area contributed by atoms with Crippen molar-refractivity contribution in [1.82, 2.24) is 29.3 Å². The number of fused-ring (bicyclic) bond motifs is 1. The van der Waals surface area contributed by atoms with E-state index in [1.165, 1.54) is 7.05 Å². The van der Waals surface area contributed by atoms with Gasteiger partial charge in [-0.2, -0.15) is 31.4 Å². The first-order chi connectivity index (χ1) is 19.4. The molecule has 0 amide bonds. The molecule has 0 saturated heterocycles. The molecule has 0 fully saturated rings. The number of aryl methyl sites for hydroxylation is 2. The highest BCUT2D eigenvalue weighted by molar-refractivity contribution is 5.79. The van der Waals surface area contributed by atoms with Gasteiger partial charge in [-0.15, -0.1) is 0 Å². The number of benzene rings is 2. The molecule has 0 aliphatic carbocycles. The van der Waals surface area contributed by atoms with E-state index in [1.54, 1.807) is 24.3 Å². The van der Waals surface area contributed by atoms with E-state index in [1.807, 2.05) is 29.7 Å². The van der Waals surface area contributed by atoms with Crippen molar-refractivity contribution in [2.45, 2.75) is 38.8 Å². The Labute approximate surface area is 229 Å². The molecule has 41 heavy (non-hydrogen) atoms. The highest BCUT2D eigenvalue weighted by atomic mass is 19.4. The number of hydrogen-bond donors (Lipinski definition) is 1. The van der Waals surface area contributed by atoms with Gasteiger partial charge in [-0.05, 0) is 48.4 Å². The maximum atomic E-state index is 13.1. The number of ether oxygens (including phenoxy) is 1. The van der Waals surface area contributed by atoms with Crippen LogP contribution in [-0.4, -0.2) is 29.3 Å². The Hall–Kier alpha value is -4.62. The summed E-state index contributed by atoms with van der Waals surface area (Å²) in [6, 6.07) is 13.3. The fourth-order valence-corrected chi connectivity index (χ4v) is 4.30. The zero-order valence-corrected chi connectivity index (χ0v) is 21.8. The molecule has 0 bridgehead atoms. The molecule has 0 unspecified atom stereocenters.